The minimum absolute atomic E-state index is 0.166. The van der Waals surface area contributed by atoms with Crippen LogP contribution in [0, 0.1) is 6.92 Å². The Morgan fingerprint density at radius 2 is 1.31 bits per heavy atom. The van der Waals surface area contributed by atoms with Crippen LogP contribution in [0.15, 0.2) is 89.3 Å². The fourth-order valence-corrected chi connectivity index (χ4v) is 5.91. The van der Waals surface area contributed by atoms with Crippen LogP contribution in [-0.2, 0) is 14.8 Å². The molecule has 0 fully saturated rings. The Morgan fingerprint density at radius 3 is 1.81 bits per heavy atom. The Hall–Kier alpha value is -2.44. The van der Waals surface area contributed by atoms with E-state index in [9.17, 15) is 13.2 Å². The Balaban J connectivity index is 1.93. The number of halogens is 2. The van der Waals surface area contributed by atoms with Crippen LogP contribution in [0.5, 0.6) is 0 Å². The fourth-order valence-electron chi connectivity index (χ4n) is 3.94. The number of carbonyl (C=O) groups is 1. The van der Waals surface area contributed by atoms with E-state index in [2.05, 4.69) is 0 Å². The van der Waals surface area contributed by atoms with Crippen molar-refractivity contribution < 1.29 is 13.2 Å². The monoisotopic (exact) mass is 485 g/mol. The van der Waals surface area contributed by atoms with E-state index < -0.39 is 22.1 Å². The Labute approximate surface area is 198 Å². The highest BCUT2D eigenvalue weighted by Gasteiger charge is 2.45. The number of hydrogen-bond acceptors (Lipinski definition) is 3. The minimum Gasteiger partial charge on any atom is -0.295 e. The second-order valence-electron chi connectivity index (χ2n) is 7.78. The van der Waals surface area contributed by atoms with Crippen LogP contribution >= 0.6 is 23.2 Å². The Morgan fingerprint density at radius 1 is 0.812 bits per heavy atom. The number of rotatable bonds is 5. The second-order valence-corrected chi connectivity index (χ2v) is 10.5. The standard InChI is InChI=1S/C25H21Cl2NO3S/c1-16-3-13-22(14-4-16)32(30,31)28-24(18-5-9-20(26)10-6-18)15-23(17(2)29)25(28)19-7-11-21(27)12-8-19/h3-15,24-25H,1-2H3/t24-,25-/m0/s1. The predicted octanol–water partition coefficient (Wildman–Crippen LogP) is 6.30. The summed E-state index contributed by atoms with van der Waals surface area (Å²) >= 11 is 12.1. The van der Waals surface area contributed by atoms with Crippen molar-refractivity contribution in [1.29, 1.82) is 0 Å². The van der Waals surface area contributed by atoms with E-state index in [-0.39, 0.29) is 10.7 Å². The maximum Gasteiger partial charge on any atom is 0.244 e. The quantitative estimate of drug-likeness (QED) is 0.425. The highest BCUT2D eigenvalue weighted by atomic mass is 35.5. The zero-order valence-electron chi connectivity index (χ0n) is 17.5. The fraction of sp³-hybridized carbons (Fsp3) is 0.160. The molecule has 0 bridgehead atoms. The number of Topliss-reactive ketones (excluding diaryl/α,β-unsaturated/α-hetero) is 1. The molecule has 0 unspecified atom stereocenters. The molecule has 32 heavy (non-hydrogen) atoms. The first-order valence-electron chi connectivity index (χ1n) is 10.0. The summed E-state index contributed by atoms with van der Waals surface area (Å²) in [5.74, 6) is -0.189. The summed E-state index contributed by atoms with van der Waals surface area (Å²) in [6.45, 7) is 3.35. The van der Waals surface area contributed by atoms with Gasteiger partial charge in [-0.25, -0.2) is 8.42 Å². The average Bonchev–Trinajstić information content (AvgIpc) is 3.17. The maximum atomic E-state index is 13.9. The smallest absolute Gasteiger partial charge is 0.244 e. The van der Waals surface area contributed by atoms with Gasteiger partial charge in [0.05, 0.1) is 17.0 Å². The highest BCUT2D eigenvalue weighted by molar-refractivity contribution is 7.89. The summed E-state index contributed by atoms with van der Waals surface area (Å²) in [6, 6.07) is 19.1. The summed E-state index contributed by atoms with van der Waals surface area (Å²) < 4.78 is 29.3. The van der Waals surface area contributed by atoms with Crippen molar-refractivity contribution in [2.75, 3.05) is 0 Å². The third-order valence-electron chi connectivity index (χ3n) is 5.56. The Kier molecular flexibility index (Phi) is 6.28. The molecule has 0 aromatic heterocycles. The van der Waals surface area contributed by atoms with Gasteiger partial charge in [-0.2, -0.15) is 4.31 Å². The van der Waals surface area contributed by atoms with Gasteiger partial charge in [0.1, 0.15) is 0 Å². The number of benzene rings is 3. The lowest BCUT2D eigenvalue weighted by Crippen LogP contribution is -2.35. The van der Waals surface area contributed by atoms with Gasteiger partial charge in [-0.3, -0.25) is 4.79 Å². The van der Waals surface area contributed by atoms with E-state index in [1.807, 2.05) is 6.92 Å². The van der Waals surface area contributed by atoms with Crippen molar-refractivity contribution in [3.8, 4) is 0 Å². The molecule has 3 aromatic rings. The molecule has 2 atom stereocenters. The molecule has 0 radical (unpaired) electrons. The number of hydrogen-bond donors (Lipinski definition) is 0. The van der Waals surface area contributed by atoms with Gasteiger partial charge >= 0.3 is 0 Å². The van der Waals surface area contributed by atoms with Crippen molar-refractivity contribution >= 4 is 39.0 Å². The van der Waals surface area contributed by atoms with E-state index >= 15 is 0 Å². The third-order valence-corrected chi connectivity index (χ3v) is 7.93. The number of ketones is 1. The van der Waals surface area contributed by atoms with E-state index in [0.717, 1.165) is 11.1 Å². The molecular weight excluding hydrogens is 465 g/mol. The first kappa shape index (κ1) is 22.7. The first-order chi connectivity index (χ1) is 15.2. The van der Waals surface area contributed by atoms with Crippen LogP contribution in [0.4, 0.5) is 0 Å². The van der Waals surface area contributed by atoms with Gasteiger partial charge in [-0.05, 0) is 61.4 Å². The SMILES string of the molecule is CC(=O)C1=C[C@@H](c2ccc(Cl)cc2)N(S(=O)(=O)c2ccc(C)cc2)[C@H]1c1ccc(Cl)cc1. The number of sulfonamides is 1. The van der Waals surface area contributed by atoms with Crippen molar-refractivity contribution in [2.45, 2.75) is 30.8 Å². The van der Waals surface area contributed by atoms with Crippen molar-refractivity contribution in [2.24, 2.45) is 0 Å². The van der Waals surface area contributed by atoms with Gasteiger partial charge in [-0.1, -0.05) is 71.2 Å². The van der Waals surface area contributed by atoms with E-state index in [0.29, 0.717) is 21.2 Å². The van der Waals surface area contributed by atoms with Crippen molar-refractivity contribution in [1.82, 2.24) is 4.31 Å². The summed E-state index contributed by atoms with van der Waals surface area (Å²) in [6.07, 6.45) is 1.73. The van der Waals surface area contributed by atoms with E-state index in [1.165, 1.54) is 11.2 Å². The molecule has 164 valence electrons. The molecule has 3 aromatic carbocycles. The molecule has 1 aliphatic rings. The van der Waals surface area contributed by atoms with Gasteiger partial charge in [0.25, 0.3) is 0 Å². The van der Waals surface area contributed by atoms with Crippen molar-refractivity contribution in [3.63, 3.8) is 0 Å². The number of nitrogens with zero attached hydrogens (tertiary/aromatic N) is 1. The van der Waals surface area contributed by atoms with Crippen molar-refractivity contribution in [3.05, 3.63) is 111 Å². The van der Waals surface area contributed by atoms with Gasteiger partial charge in [-0.15, -0.1) is 0 Å². The summed E-state index contributed by atoms with van der Waals surface area (Å²) in [4.78, 5) is 12.8. The molecule has 0 N–H and O–H groups in total. The molecule has 4 rings (SSSR count). The number of carbonyl (C=O) groups excluding carboxylic acids is 1. The van der Waals surface area contributed by atoms with Crippen LogP contribution in [0.1, 0.15) is 35.7 Å². The first-order valence-corrected chi connectivity index (χ1v) is 12.2. The predicted molar refractivity (Wildman–Crippen MR) is 127 cm³/mol. The second kappa shape index (κ2) is 8.83. The highest BCUT2D eigenvalue weighted by Crippen LogP contribution is 2.47. The lowest BCUT2D eigenvalue weighted by atomic mass is 9.98. The molecule has 0 amide bonds. The Bertz CT molecular complexity index is 1280. The third kappa shape index (κ3) is 4.26. The minimum atomic E-state index is -3.97. The molecule has 0 saturated carbocycles. The van der Waals surface area contributed by atoms with Gasteiger partial charge in [0.15, 0.2) is 5.78 Å². The van der Waals surface area contributed by atoms with Gasteiger partial charge < -0.3 is 0 Å². The molecule has 1 aliphatic heterocycles. The van der Waals surface area contributed by atoms with Crippen LogP contribution in [0.25, 0.3) is 0 Å². The summed E-state index contributed by atoms with van der Waals surface area (Å²) in [5.41, 5.74) is 2.77. The maximum absolute atomic E-state index is 13.9. The summed E-state index contributed by atoms with van der Waals surface area (Å²) in [5, 5.41) is 1.08. The molecule has 4 nitrogen and oxygen atoms in total. The lowest BCUT2D eigenvalue weighted by molar-refractivity contribution is -0.114. The van der Waals surface area contributed by atoms with Crippen LogP contribution in [-0.4, -0.2) is 18.5 Å². The molecule has 0 spiro atoms. The van der Waals surface area contributed by atoms with E-state index in [1.54, 1.807) is 78.9 Å². The zero-order valence-corrected chi connectivity index (χ0v) is 19.8. The van der Waals surface area contributed by atoms with Gasteiger partial charge in [0.2, 0.25) is 10.0 Å². The molecular formula is C25H21Cl2NO3S. The molecule has 0 saturated heterocycles. The normalized spacial score (nSPS) is 19.1. The van der Waals surface area contributed by atoms with Crippen LogP contribution in [0.2, 0.25) is 10.0 Å². The topological polar surface area (TPSA) is 54.5 Å². The number of aryl methyl sites for hydroxylation is 1. The van der Waals surface area contributed by atoms with E-state index in [4.69, 9.17) is 23.2 Å². The largest absolute Gasteiger partial charge is 0.295 e. The van der Waals surface area contributed by atoms with Gasteiger partial charge in [0, 0.05) is 15.6 Å². The van der Waals surface area contributed by atoms with Crippen LogP contribution < -0.4 is 0 Å². The van der Waals surface area contributed by atoms with Crippen LogP contribution in [0.3, 0.4) is 0 Å². The summed E-state index contributed by atoms with van der Waals surface area (Å²) in [7, 11) is -3.97. The zero-order chi connectivity index (χ0) is 23.0. The average molecular weight is 486 g/mol. The molecule has 1 heterocycles. The molecule has 0 aliphatic carbocycles. The molecule has 7 heteroatoms. The lowest BCUT2D eigenvalue weighted by Gasteiger charge is -2.31.